The number of urea groups is 1. The molecule has 0 aliphatic carbocycles. The molecule has 2 saturated heterocycles. The molecule has 0 bridgehead atoms. The summed E-state index contributed by atoms with van der Waals surface area (Å²) >= 11 is 0. The SMILES string of the molecule is CCCNC(=O)N1CC(=O)N2[C@H](C1)[C@@H](c1ccc(-c3ccccc3)cc1)[C@@H]2CO. The molecule has 0 radical (unpaired) electrons. The molecule has 0 aromatic heterocycles. The van der Waals surface area contributed by atoms with Crippen LogP contribution in [-0.4, -0.2) is 65.2 Å². The van der Waals surface area contributed by atoms with Crippen molar-refractivity contribution in [2.24, 2.45) is 0 Å². The van der Waals surface area contributed by atoms with E-state index < -0.39 is 0 Å². The summed E-state index contributed by atoms with van der Waals surface area (Å²) in [5, 5.41) is 12.8. The van der Waals surface area contributed by atoms with Gasteiger partial charge >= 0.3 is 6.03 Å². The quantitative estimate of drug-likeness (QED) is 0.820. The molecule has 6 heteroatoms. The average molecular weight is 393 g/mol. The number of aliphatic hydroxyl groups is 1. The van der Waals surface area contributed by atoms with E-state index in [2.05, 4.69) is 41.7 Å². The number of hydrogen-bond acceptors (Lipinski definition) is 3. The number of fused-ring (bicyclic) bond motifs is 1. The second-order valence-corrected chi connectivity index (χ2v) is 7.74. The zero-order valence-electron chi connectivity index (χ0n) is 16.6. The third kappa shape index (κ3) is 3.60. The first-order valence-electron chi connectivity index (χ1n) is 10.2. The molecule has 0 spiro atoms. The molecule has 0 saturated carbocycles. The predicted octanol–water partition coefficient (Wildman–Crippen LogP) is 2.44. The number of piperazine rings is 1. The number of carbonyl (C=O) groups is 2. The van der Waals surface area contributed by atoms with E-state index in [4.69, 9.17) is 0 Å². The van der Waals surface area contributed by atoms with Crippen molar-refractivity contribution in [3.05, 3.63) is 60.2 Å². The zero-order chi connectivity index (χ0) is 20.4. The molecule has 152 valence electrons. The standard InChI is InChI=1S/C23H27N3O3/c1-2-12-24-23(29)25-13-19-22(20(15-27)26(19)21(28)14-25)18-10-8-17(9-11-18)16-6-4-3-5-7-16/h3-11,19-20,22,27H,2,12-15H2,1H3,(H,24,29)/t19-,20+,22-/m1/s1. The Labute approximate surface area is 171 Å². The Morgan fingerprint density at radius 3 is 2.45 bits per heavy atom. The lowest BCUT2D eigenvalue weighted by Crippen LogP contribution is -2.73. The van der Waals surface area contributed by atoms with Gasteiger partial charge in [-0.05, 0) is 23.1 Å². The minimum Gasteiger partial charge on any atom is -0.394 e. The van der Waals surface area contributed by atoms with E-state index in [1.807, 2.05) is 25.1 Å². The molecule has 2 fully saturated rings. The highest BCUT2D eigenvalue weighted by atomic mass is 16.3. The Hall–Kier alpha value is -2.86. The van der Waals surface area contributed by atoms with Gasteiger partial charge in [0.1, 0.15) is 6.54 Å². The molecular weight excluding hydrogens is 366 g/mol. The van der Waals surface area contributed by atoms with Gasteiger partial charge in [-0.1, -0.05) is 61.5 Å². The van der Waals surface area contributed by atoms with Crippen molar-refractivity contribution in [3.8, 4) is 11.1 Å². The van der Waals surface area contributed by atoms with Gasteiger partial charge in [-0.15, -0.1) is 0 Å². The van der Waals surface area contributed by atoms with Crippen LogP contribution in [-0.2, 0) is 4.79 Å². The maximum absolute atomic E-state index is 12.6. The van der Waals surface area contributed by atoms with E-state index in [9.17, 15) is 14.7 Å². The number of rotatable bonds is 5. The van der Waals surface area contributed by atoms with E-state index in [1.54, 1.807) is 9.80 Å². The van der Waals surface area contributed by atoms with Crippen molar-refractivity contribution in [3.63, 3.8) is 0 Å². The minimum atomic E-state index is -0.226. The smallest absolute Gasteiger partial charge is 0.317 e. The second kappa shape index (κ2) is 8.25. The lowest BCUT2D eigenvalue weighted by Gasteiger charge is -2.58. The number of aliphatic hydroxyl groups excluding tert-OH is 1. The van der Waals surface area contributed by atoms with Crippen molar-refractivity contribution in [2.45, 2.75) is 31.3 Å². The summed E-state index contributed by atoms with van der Waals surface area (Å²) in [6.45, 7) is 3.08. The maximum Gasteiger partial charge on any atom is 0.317 e. The first-order chi connectivity index (χ1) is 14.1. The Bertz CT molecular complexity index is 869. The molecule has 3 amide bonds. The monoisotopic (exact) mass is 393 g/mol. The highest BCUT2D eigenvalue weighted by Gasteiger charge is 2.54. The lowest BCUT2D eigenvalue weighted by molar-refractivity contribution is -0.159. The minimum absolute atomic E-state index is 0.0237. The topological polar surface area (TPSA) is 72.9 Å². The van der Waals surface area contributed by atoms with Gasteiger partial charge in [-0.25, -0.2) is 4.79 Å². The fraction of sp³-hybridized carbons (Fsp3) is 0.391. The highest BCUT2D eigenvalue weighted by molar-refractivity contribution is 5.87. The molecule has 2 N–H and O–H groups in total. The molecule has 29 heavy (non-hydrogen) atoms. The third-order valence-electron chi connectivity index (χ3n) is 5.97. The van der Waals surface area contributed by atoms with Gasteiger partial charge in [0.25, 0.3) is 0 Å². The zero-order valence-corrected chi connectivity index (χ0v) is 16.6. The van der Waals surface area contributed by atoms with Crippen LogP contribution in [0.1, 0.15) is 24.8 Å². The molecule has 6 nitrogen and oxygen atoms in total. The molecule has 4 rings (SSSR count). The second-order valence-electron chi connectivity index (χ2n) is 7.74. The normalized spacial score (nSPS) is 23.4. The summed E-state index contributed by atoms with van der Waals surface area (Å²) < 4.78 is 0. The number of benzene rings is 2. The van der Waals surface area contributed by atoms with Crippen LogP contribution >= 0.6 is 0 Å². The third-order valence-corrected chi connectivity index (χ3v) is 5.97. The maximum atomic E-state index is 12.6. The molecule has 2 aliphatic rings. The van der Waals surface area contributed by atoms with Crippen LogP contribution in [0.25, 0.3) is 11.1 Å². The largest absolute Gasteiger partial charge is 0.394 e. The van der Waals surface area contributed by atoms with E-state index in [1.165, 1.54) is 0 Å². The van der Waals surface area contributed by atoms with Gasteiger partial charge in [-0.3, -0.25) is 4.79 Å². The summed E-state index contributed by atoms with van der Waals surface area (Å²) in [4.78, 5) is 28.4. The first kappa shape index (κ1) is 19.5. The molecule has 2 heterocycles. The van der Waals surface area contributed by atoms with Gasteiger partial charge in [0.05, 0.1) is 18.7 Å². The summed E-state index contributed by atoms with van der Waals surface area (Å²) in [5.74, 6) is -0.0698. The predicted molar refractivity (Wildman–Crippen MR) is 111 cm³/mol. The van der Waals surface area contributed by atoms with Crippen LogP contribution in [0.4, 0.5) is 4.79 Å². The van der Waals surface area contributed by atoms with Crippen molar-refractivity contribution in [2.75, 3.05) is 26.2 Å². The molecule has 0 unspecified atom stereocenters. The highest BCUT2D eigenvalue weighted by Crippen LogP contribution is 2.43. The van der Waals surface area contributed by atoms with Crippen molar-refractivity contribution in [1.29, 1.82) is 0 Å². The molecule has 2 aliphatic heterocycles. The Morgan fingerprint density at radius 2 is 1.79 bits per heavy atom. The van der Waals surface area contributed by atoms with Crippen molar-refractivity contribution >= 4 is 11.9 Å². The van der Waals surface area contributed by atoms with Gasteiger partial charge in [0, 0.05) is 19.0 Å². The number of nitrogens with zero attached hydrogens (tertiary/aromatic N) is 2. The molecule has 3 atom stereocenters. The fourth-order valence-electron chi connectivity index (χ4n) is 4.53. The molecular formula is C23H27N3O3. The number of hydrogen-bond donors (Lipinski definition) is 2. The van der Waals surface area contributed by atoms with Crippen LogP contribution in [0.15, 0.2) is 54.6 Å². The van der Waals surface area contributed by atoms with E-state index in [0.29, 0.717) is 13.1 Å². The number of carbonyl (C=O) groups excluding carboxylic acids is 2. The lowest BCUT2D eigenvalue weighted by atomic mass is 9.73. The summed E-state index contributed by atoms with van der Waals surface area (Å²) in [7, 11) is 0. The first-order valence-corrected chi connectivity index (χ1v) is 10.2. The van der Waals surface area contributed by atoms with Crippen LogP contribution in [0.2, 0.25) is 0 Å². The molecule has 2 aromatic carbocycles. The van der Waals surface area contributed by atoms with Gasteiger partial charge in [0.2, 0.25) is 5.91 Å². The van der Waals surface area contributed by atoms with Crippen LogP contribution in [0, 0.1) is 0 Å². The summed E-state index contributed by atoms with van der Waals surface area (Å²) in [6, 6.07) is 18.0. The van der Waals surface area contributed by atoms with E-state index in [0.717, 1.165) is 23.1 Å². The van der Waals surface area contributed by atoms with E-state index in [-0.39, 0.29) is 43.1 Å². The fourth-order valence-corrected chi connectivity index (χ4v) is 4.53. The number of nitrogens with one attached hydrogen (secondary N) is 1. The Balaban J connectivity index is 1.53. The van der Waals surface area contributed by atoms with Gasteiger partial charge < -0.3 is 20.2 Å². The van der Waals surface area contributed by atoms with Crippen LogP contribution in [0.3, 0.4) is 0 Å². The average Bonchev–Trinajstić information content (AvgIpc) is 2.74. The van der Waals surface area contributed by atoms with Gasteiger partial charge in [-0.2, -0.15) is 0 Å². The Kier molecular flexibility index (Phi) is 5.53. The van der Waals surface area contributed by atoms with Crippen LogP contribution in [0.5, 0.6) is 0 Å². The summed E-state index contributed by atoms with van der Waals surface area (Å²) in [6.07, 6.45) is 0.853. The van der Waals surface area contributed by atoms with Crippen LogP contribution < -0.4 is 5.32 Å². The molecule has 2 aromatic rings. The van der Waals surface area contributed by atoms with Crippen molar-refractivity contribution < 1.29 is 14.7 Å². The summed E-state index contributed by atoms with van der Waals surface area (Å²) in [5.41, 5.74) is 3.37. The number of amides is 3. The van der Waals surface area contributed by atoms with Crippen molar-refractivity contribution in [1.82, 2.24) is 15.1 Å². The Morgan fingerprint density at radius 1 is 1.10 bits per heavy atom. The van der Waals surface area contributed by atoms with E-state index >= 15 is 0 Å². The van der Waals surface area contributed by atoms with Gasteiger partial charge in [0.15, 0.2) is 0 Å².